The molecule has 4 heteroatoms. The lowest BCUT2D eigenvalue weighted by molar-refractivity contribution is 0.229. The molecule has 0 amide bonds. The highest BCUT2D eigenvalue weighted by atomic mass is 16.5. The van der Waals surface area contributed by atoms with E-state index in [-0.39, 0.29) is 12.1 Å². The van der Waals surface area contributed by atoms with Crippen LogP contribution >= 0.6 is 0 Å². The first-order valence-electron chi connectivity index (χ1n) is 5.91. The van der Waals surface area contributed by atoms with Gasteiger partial charge in [0.05, 0.1) is 18.2 Å². The van der Waals surface area contributed by atoms with Crippen molar-refractivity contribution in [3.05, 3.63) is 23.9 Å². The van der Waals surface area contributed by atoms with Gasteiger partial charge in [0.25, 0.3) is 0 Å². The molecule has 17 heavy (non-hydrogen) atoms. The topological polar surface area (TPSA) is 57.9 Å². The lowest BCUT2D eigenvalue weighted by Gasteiger charge is -2.14. The van der Waals surface area contributed by atoms with Gasteiger partial charge in [-0.2, -0.15) is 5.26 Å². The van der Waals surface area contributed by atoms with Crippen LogP contribution in [-0.4, -0.2) is 17.1 Å². The van der Waals surface area contributed by atoms with Gasteiger partial charge in [0.15, 0.2) is 0 Å². The van der Waals surface area contributed by atoms with E-state index in [4.69, 9.17) is 10.00 Å². The second-order valence-electron chi connectivity index (χ2n) is 4.11. The van der Waals surface area contributed by atoms with Crippen LogP contribution in [-0.2, 0) is 6.54 Å². The van der Waals surface area contributed by atoms with Crippen molar-refractivity contribution < 1.29 is 4.74 Å². The van der Waals surface area contributed by atoms with E-state index in [0.717, 1.165) is 12.0 Å². The fourth-order valence-corrected chi connectivity index (χ4v) is 1.40. The van der Waals surface area contributed by atoms with Gasteiger partial charge in [0.1, 0.15) is 0 Å². The fourth-order valence-electron chi connectivity index (χ4n) is 1.40. The van der Waals surface area contributed by atoms with Gasteiger partial charge in [-0.3, -0.25) is 5.32 Å². The second kappa shape index (κ2) is 6.87. The molecule has 0 aliphatic heterocycles. The maximum atomic E-state index is 8.86. The summed E-state index contributed by atoms with van der Waals surface area (Å²) in [7, 11) is 0. The number of nitrogens with one attached hydrogen (secondary N) is 1. The first kappa shape index (κ1) is 13.5. The zero-order chi connectivity index (χ0) is 12.7. The summed E-state index contributed by atoms with van der Waals surface area (Å²) in [5, 5.41) is 12.0. The minimum absolute atomic E-state index is 0.0987. The Balaban J connectivity index is 2.67. The maximum absolute atomic E-state index is 8.86. The van der Waals surface area contributed by atoms with Gasteiger partial charge in [-0.15, -0.1) is 0 Å². The Hall–Kier alpha value is -1.60. The van der Waals surface area contributed by atoms with E-state index in [0.29, 0.717) is 12.4 Å². The zero-order valence-electron chi connectivity index (χ0n) is 10.6. The molecular weight excluding hydrogens is 214 g/mol. The molecule has 1 aromatic heterocycles. The molecule has 1 heterocycles. The van der Waals surface area contributed by atoms with Crippen molar-refractivity contribution in [1.82, 2.24) is 10.3 Å². The predicted molar refractivity (Wildman–Crippen MR) is 66.5 cm³/mol. The van der Waals surface area contributed by atoms with Crippen LogP contribution in [0.1, 0.15) is 32.8 Å². The highest BCUT2D eigenvalue weighted by Gasteiger charge is 2.09. The van der Waals surface area contributed by atoms with Crippen molar-refractivity contribution in [2.75, 3.05) is 0 Å². The summed E-state index contributed by atoms with van der Waals surface area (Å²) in [6, 6.07) is 5.92. The van der Waals surface area contributed by atoms with Gasteiger partial charge < -0.3 is 4.74 Å². The summed E-state index contributed by atoms with van der Waals surface area (Å²) in [4.78, 5) is 4.20. The normalized spacial score (nSPS) is 12.2. The van der Waals surface area contributed by atoms with Crippen molar-refractivity contribution >= 4 is 0 Å². The van der Waals surface area contributed by atoms with Gasteiger partial charge in [-0.1, -0.05) is 13.0 Å². The van der Waals surface area contributed by atoms with Crippen LogP contribution < -0.4 is 10.1 Å². The number of pyridine rings is 1. The molecule has 0 aromatic carbocycles. The first-order chi connectivity index (χ1) is 8.17. The minimum Gasteiger partial charge on any atom is -0.475 e. The average Bonchev–Trinajstić information content (AvgIpc) is 2.31. The molecule has 0 aliphatic rings. The van der Waals surface area contributed by atoms with E-state index < -0.39 is 0 Å². The lowest BCUT2D eigenvalue weighted by atomic mass is 10.2. The summed E-state index contributed by atoms with van der Waals surface area (Å²) in [5.41, 5.74) is 0.981. The standard InChI is InChI=1S/C13H19N3O/c1-4-12(8-14)16-9-11-6-5-7-15-13(11)17-10(2)3/h5-7,10,12,16H,4,9H2,1-3H3. The van der Waals surface area contributed by atoms with Gasteiger partial charge >= 0.3 is 0 Å². The molecule has 1 atom stereocenters. The monoisotopic (exact) mass is 233 g/mol. The molecule has 1 rings (SSSR count). The molecule has 0 spiro atoms. The molecule has 0 bridgehead atoms. The second-order valence-corrected chi connectivity index (χ2v) is 4.11. The van der Waals surface area contributed by atoms with E-state index >= 15 is 0 Å². The van der Waals surface area contributed by atoms with Crippen LogP contribution in [0.4, 0.5) is 0 Å². The summed E-state index contributed by atoms with van der Waals surface area (Å²) in [5.74, 6) is 0.641. The zero-order valence-corrected chi connectivity index (χ0v) is 10.6. The van der Waals surface area contributed by atoms with Crippen molar-refractivity contribution in [3.8, 4) is 11.9 Å². The summed E-state index contributed by atoms with van der Waals surface area (Å²) >= 11 is 0. The predicted octanol–water partition coefficient (Wildman–Crippen LogP) is 2.26. The van der Waals surface area contributed by atoms with Crippen molar-refractivity contribution in [2.45, 2.75) is 45.9 Å². The van der Waals surface area contributed by atoms with E-state index in [2.05, 4.69) is 16.4 Å². The Bertz CT molecular complexity index is 384. The SMILES string of the molecule is CCC(C#N)NCc1cccnc1OC(C)C. The summed E-state index contributed by atoms with van der Waals surface area (Å²) in [6.07, 6.45) is 2.60. The van der Waals surface area contributed by atoms with Crippen LogP contribution in [0.15, 0.2) is 18.3 Å². The van der Waals surface area contributed by atoms with Crippen LogP contribution in [0.25, 0.3) is 0 Å². The first-order valence-corrected chi connectivity index (χ1v) is 5.91. The quantitative estimate of drug-likeness (QED) is 0.818. The van der Waals surface area contributed by atoms with Gasteiger partial charge in [0, 0.05) is 18.3 Å². The Kier molecular flexibility index (Phi) is 5.44. The molecule has 1 N–H and O–H groups in total. The molecule has 1 aromatic rings. The third-order valence-electron chi connectivity index (χ3n) is 2.30. The Morgan fingerprint density at radius 1 is 1.53 bits per heavy atom. The Morgan fingerprint density at radius 2 is 2.29 bits per heavy atom. The third-order valence-corrected chi connectivity index (χ3v) is 2.30. The van der Waals surface area contributed by atoms with Crippen molar-refractivity contribution in [1.29, 1.82) is 5.26 Å². The molecule has 0 fully saturated rings. The van der Waals surface area contributed by atoms with Crippen molar-refractivity contribution in [3.63, 3.8) is 0 Å². The van der Waals surface area contributed by atoms with Crippen LogP contribution in [0.3, 0.4) is 0 Å². The molecular formula is C13H19N3O. The summed E-state index contributed by atoms with van der Waals surface area (Å²) in [6.45, 7) is 6.52. The minimum atomic E-state index is -0.123. The largest absolute Gasteiger partial charge is 0.475 e. The molecule has 4 nitrogen and oxygen atoms in total. The molecule has 92 valence electrons. The number of nitrogens with zero attached hydrogens (tertiary/aromatic N) is 2. The number of nitriles is 1. The third kappa shape index (κ3) is 4.41. The molecule has 0 radical (unpaired) electrons. The molecule has 1 unspecified atom stereocenters. The highest BCUT2D eigenvalue weighted by molar-refractivity contribution is 5.25. The van der Waals surface area contributed by atoms with Gasteiger partial charge in [-0.05, 0) is 26.3 Å². The van der Waals surface area contributed by atoms with Crippen LogP contribution in [0.5, 0.6) is 5.88 Å². The number of hydrogen-bond donors (Lipinski definition) is 1. The maximum Gasteiger partial charge on any atom is 0.218 e. The van der Waals surface area contributed by atoms with Gasteiger partial charge in [0.2, 0.25) is 5.88 Å². The molecule has 0 saturated heterocycles. The number of aromatic nitrogens is 1. The summed E-state index contributed by atoms with van der Waals surface area (Å²) < 4.78 is 5.61. The van der Waals surface area contributed by atoms with Gasteiger partial charge in [-0.25, -0.2) is 4.98 Å². The van der Waals surface area contributed by atoms with Crippen LogP contribution in [0.2, 0.25) is 0 Å². The average molecular weight is 233 g/mol. The van der Waals surface area contributed by atoms with E-state index in [1.165, 1.54) is 0 Å². The molecule has 0 saturated carbocycles. The smallest absolute Gasteiger partial charge is 0.218 e. The Morgan fingerprint density at radius 3 is 2.88 bits per heavy atom. The highest BCUT2D eigenvalue weighted by Crippen LogP contribution is 2.15. The fraction of sp³-hybridized carbons (Fsp3) is 0.538. The molecule has 0 aliphatic carbocycles. The van der Waals surface area contributed by atoms with E-state index in [1.807, 2.05) is 32.9 Å². The van der Waals surface area contributed by atoms with Crippen molar-refractivity contribution in [2.24, 2.45) is 0 Å². The number of ether oxygens (including phenoxy) is 1. The Labute approximate surface area is 103 Å². The number of rotatable bonds is 6. The van der Waals surface area contributed by atoms with Crippen LogP contribution in [0, 0.1) is 11.3 Å². The lowest BCUT2D eigenvalue weighted by Crippen LogP contribution is -2.26. The van der Waals surface area contributed by atoms with E-state index in [9.17, 15) is 0 Å². The number of hydrogen-bond acceptors (Lipinski definition) is 4. The van der Waals surface area contributed by atoms with E-state index in [1.54, 1.807) is 6.20 Å².